The van der Waals surface area contributed by atoms with E-state index in [4.69, 9.17) is 16.3 Å². The molecule has 33 heavy (non-hydrogen) atoms. The van der Waals surface area contributed by atoms with Gasteiger partial charge in [-0.3, -0.25) is 13.9 Å². The van der Waals surface area contributed by atoms with Crippen LogP contribution in [-0.4, -0.2) is 57.1 Å². The van der Waals surface area contributed by atoms with Crippen LogP contribution in [0, 0.1) is 0 Å². The van der Waals surface area contributed by atoms with Gasteiger partial charge in [0, 0.05) is 17.6 Å². The molecule has 0 aliphatic heterocycles. The molecule has 0 fully saturated rings. The average Bonchev–Trinajstić information content (AvgIpc) is 2.75. The van der Waals surface area contributed by atoms with Gasteiger partial charge >= 0.3 is 0 Å². The number of nitrogens with zero attached hydrogens (tertiary/aromatic N) is 2. The summed E-state index contributed by atoms with van der Waals surface area (Å²) in [5.74, 6) is -0.561. The number of hydrogen-bond acceptors (Lipinski definition) is 5. The lowest BCUT2D eigenvalue weighted by Crippen LogP contribution is -2.52. The first kappa shape index (κ1) is 26.5. The van der Waals surface area contributed by atoms with Gasteiger partial charge < -0.3 is 15.0 Å². The van der Waals surface area contributed by atoms with Gasteiger partial charge in [-0.25, -0.2) is 8.42 Å². The summed E-state index contributed by atoms with van der Waals surface area (Å²) in [7, 11) is -2.41. The van der Waals surface area contributed by atoms with Crippen LogP contribution in [0.3, 0.4) is 0 Å². The molecule has 0 saturated carbocycles. The number of para-hydroxylation sites is 2. The van der Waals surface area contributed by atoms with Gasteiger partial charge in [-0.05, 0) is 50.6 Å². The molecule has 1 N–H and O–H groups in total. The molecule has 10 heteroatoms. The molecule has 0 bridgehead atoms. The molecule has 0 saturated heterocycles. The van der Waals surface area contributed by atoms with Crippen LogP contribution in [0.2, 0.25) is 5.02 Å². The maximum absolute atomic E-state index is 13.4. The third kappa shape index (κ3) is 7.36. The van der Waals surface area contributed by atoms with Crippen LogP contribution in [0.4, 0.5) is 5.69 Å². The van der Waals surface area contributed by atoms with Crippen molar-refractivity contribution in [2.75, 3.05) is 24.2 Å². The molecule has 2 aromatic carbocycles. The van der Waals surface area contributed by atoms with Gasteiger partial charge in [0.2, 0.25) is 21.8 Å². The van der Waals surface area contributed by atoms with E-state index in [-0.39, 0.29) is 24.2 Å². The Morgan fingerprint density at radius 2 is 1.67 bits per heavy atom. The first-order valence-electron chi connectivity index (χ1n) is 10.4. The van der Waals surface area contributed by atoms with E-state index in [1.54, 1.807) is 55.5 Å². The summed E-state index contributed by atoms with van der Waals surface area (Å²) in [6.45, 7) is 4.86. The first-order chi connectivity index (χ1) is 15.4. The SMILES string of the molecule is COc1ccccc1N(CC(=O)N(Cc1ccc(Cl)cc1)C(C)C(=O)NC(C)C)S(C)(=O)=O. The largest absolute Gasteiger partial charge is 0.495 e. The number of benzene rings is 2. The molecule has 8 nitrogen and oxygen atoms in total. The number of hydrogen-bond donors (Lipinski definition) is 1. The Hall–Kier alpha value is -2.78. The molecular formula is C23H30ClN3O5S. The highest BCUT2D eigenvalue weighted by Gasteiger charge is 2.31. The van der Waals surface area contributed by atoms with Crippen molar-refractivity contribution >= 4 is 39.1 Å². The number of nitrogens with one attached hydrogen (secondary N) is 1. The molecule has 2 aromatic rings. The van der Waals surface area contributed by atoms with E-state index < -0.39 is 28.5 Å². The van der Waals surface area contributed by atoms with Crippen molar-refractivity contribution in [3.63, 3.8) is 0 Å². The summed E-state index contributed by atoms with van der Waals surface area (Å²) in [4.78, 5) is 27.5. The molecule has 1 atom stereocenters. The van der Waals surface area contributed by atoms with Crippen molar-refractivity contribution in [2.24, 2.45) is 0 Å². The minimum atomic E-state index is -3.83. The number of methoxy groups -OCH3 is 1. The number of rotatable bonds is 10. The smallest absolute Gasteiger partial charge is 0.244 e. The normalized spacial score (nSPS) is 12.2. The van der Waals surface area contributed by atoms with Crippen LogP contribution in [0.5, 0.6) is 5.75 Å². The van der Waals surface area contributed by atoms with Crippen molar-refractivity contribution in [1.29, 1.82) is 0 Å². The fraction of sp³-hybridized carbons (Fsp3) is 0.391. The van der Waals surface area contributed by atoms with Crippen molar-refractivity contribution in [3.8, 4) is 5.75 Å². The zero-order chi connectivity index (χ0) is 24.8. The van der Waals surface area contributed by atoms with Crippen LogP contribution in [-0.2, 0) is 26.2 Å². The molecule has 0 spiro atoms. The van der Waals surface area contributed by atoms with E-state index in [1.807, 2.05) is 13.8 Å². The molecule has 0 aliphatic rings. The van der Waals surface area contributed by atoms with Crippen LogP contribution >= 0.6 is 11.6 Å². The number of anilines is 1. The lowest BCUT2D eigenvalue weighted by Gasteiger charge is -2.32. The second-order valence-corrected chi connectivity index (χ2v) is 10.3. The van der Waals surface area contributed by atoms with E-state index in [0.29, 0.717) is 10.8 Å². The van der Waals surface area contributed by atoms with E-state index in [2.05, 4.69) is 5.32 Å². The fourth-order valence-corrected chi connectivity index (χ4v) is 4.18. The topological polar surface area (TPSA) is 96.0 Å². The van der Waals surface area contributed by atoms with Gasteiger partial charge in [-0.15, -0.1) is 0 Å². The second-order valence-electron chi connectivity index (χ2n) is 7.93. The molecule has 0 aromatic heterocycles. The predicted molar refractivity (Wildman–Crippen MR) is 130 cm³/mol. The van der Waals surface area contributed by atoms with Crippen molar-refractivity contribution < 1.29 is 22.7 Å². The summed E-state index contributed by atoms with van der Waals surface area (Å²) >= 11 is 5.97. The minimum Gasteiger partial charge on any atom is -0.495 e. The molecule has 1 unspecified atom stereocenters. The molecule has 2 rings (SSSR count). The monoisotopic (exact) mass is 495 g/mol. The summed E-state index contributed by atoms with van der Waals surface area (Å²) in [6.07, 6.45) is 1.02. The van der Waals surface area contributed by atoms with E-state index >= 15 is 0 Å². The van der Waals surface area contributed by atoms with Gasteiger partial charge in [0.1, 0.15) is 18.3 Å². The van der Waals surface area contributed by atoms with Gasteiger partial charge in [0.15, 0.2) is 0 Å². The predicted octanol–water partition coefficient (Wildman–Crippen LogP) is 3.06. The third-order valence-electron chi connectivity index (χ3n) is 4.90. The fourth-order valence-electron chi connectivity index (χ4n) is 3.20. The minimum absolute atomic E-state index is 0.103. The second kappa shape index (κ2) is 11.4. The quantitative estimate of drug-likeness (QED) is 0.546. The highest BCUT2D eigenvalue weighted by Crippen LogP contribution is 2.29. The molecule has 0 aliphatic carbocycles. The third-order valence-corrected chi connectivity index (χ3v) is 6.28. The van der Waals surface area contributed by atoms with Gasteiger partial charge in [0.05, 0.1) is 19.1 Å². The molecule has 0 heterocycles. The maximum atomic E-state index is 13.4. The van der Waals surface area contributed by atoms with Gasteiger partial charge in [-0.2, -0.15) is 0 Å². The lowest BCUT2D eigenvalue weighted by atomic mass is 10.1. The standard InChI is InChI=1S/C23H30ClN3O5S/c1-16(2)25-23(29)17(3)26(14-18-10-12-19(24)13-11-18)22(28)15-27(33(5,30)31)20-8-6-7-9-21(20)32-4/h6-13,16-17H,14-15H2,1-5H3,(H,25,29). The summed E-state index contributed by atoms with van der Waals surface area (Å²) in [5.41, 5.74) is 0.988. The zero-order valence-electron chi connectivity index (χ0n) is 19.4. The molecule has 2 amide bonds. The number of amides is 2. The number of ether oxygens (including phenoxy) is 1. The van der Waals surface area contributed by atoms with Gasteiger partial charge in [0.25, 0.3) is 0 Å². The highest BCUT2D eigenvalue weighted by atomic mass is 35.5. The molecule has 0 radical (unpaired) electrons. The van der Waals surface area contributed by atoms with E-state index in [9.17, 15) is 18.0 Å². The Balaban J connectivity index is 2.42. The Morgan fingerprint density at radius 3 is 2.21 bits per heavy atom. The molecule has 180 valence electrons. The average molecular weight is 496 g/mol. The highest BCUT2D eigenvalue weighted by molar-refractivity contribution is 7.92. The maximum Gasteiger partial charge on any atom is 0.244 e. The summed E-state index contributed by atoms with van der Waals surface area (Å²) in [5, 5.41) is 3.34. The Labute approximate surface area is 200 Å². The number of carbonyl (C=O) groups excluding carboxylic acids is 2. The lowest BCUT2D eigenvalue weighted by molar-refractivity contribution is -0.139. The van der Waals surface area contributed by atoms with Crippen LogP contribution < -0.4 is 14.4 Å². The number of sulfonamides is 1. The van der Waals surface area contributed by atoms with Crippen LogP contribution in [0.1, 0.15) is 26.3 Å². The van der Waals surface area contributed by atoms with Crippen LogP contribution in [0.25, 0.3) is 0 Å². The Morgan fingerprint density at radius 1 is 1.06 bits per heavy atom. The van der Waals surface area contributed by atoms with Crippen molar-refractivity contribution in [3.05, 3.63) is 59.1 Å². The summed E-state index contributed by atoms with van der Waals surface area (Å²) in [6, 6.07) is 12.5. The van der Waals surface area contributed by atoms with E-state index in [0.717, 1.165) is 16.1 Å². The Bertz CT molecular complexity index is 1070. The van der Waals surface area contributed by atoms with E-state index in [1.165, 1.54) is 12.0 Å². The van der Waals surface area contributed by atoms with Crippen LogP contribution in [0.15, 0.2) is 48.5 Å². The summed E-state index contributed by atoms with van der Waals surface area (Å²) < 4.78 is 31.5. The van der Waals surface area contributed by atoms with Crippen molar-refractivity contribution in [2.45, 2.75) is 39.4 Å². The number of carbonyl (C=O) groups is 2. The first-order valence-corrected chi connectivity index (χ1v) is 12.6. The van der Waals surface area contributed by atoms with Crippen molar-refractivity contribution in [1.82, 2.24) is 10.2 Å². The van der Waals surface area contributed by atoms with Gasteiger partial charge in [-0.1, -0.05) is 35.9 Å². The number of halogens is 1. The zero-order valence-corrected chi connectivity index (χ0v) is 21.0. The molecular weight excluding hydrogens is 466 g/mol. The Kier molecular flexibility index (Phi) is 9.13.